The first kappa shape index (κ1) is 13.3. The van der Waals surface area contributed by atoms with Crippen molar-refractivity contribution < 1.29 is 0 Å². The molecule has 100 valence electrons. The molecular weight excluding hydrogens is 224 g/mol. The van der Waals surface area contributed by atoms with Crippen molar-refractivity contribution in [2.45, 2.75) is 38.6 Å². The summed E-state index contributed by atoms with van der Waals surface area (Å²) in [5.74, 6) is 2.43. The Bertz CT molecular complexity index is 381. The first-order chi connectivity index (χ1) is 8.58. The summed E-state index contributed by atoms with van der Waals surface area (Å²) >= 11 is 0. The van der Waals surface area contributed by atoms with E-state index in [2.05, 4.69) is 47.7 Å². The summed E-state index contributed by atoms with van der Waals surface area (Å²) in [6.45, 7) is 6.46. The standard InChI is InChI=1S/C14H24N4/c1-11(2)14-15-8-5-13(16-14)18-9-6-12(7-10-18)17(3)4/h5,8,11-12H,6-7,9-10H2,1-4H3. The topological polar surface area (TPSA) is 32.3 Å². The first-order valence-corrected chi connectivity index (χ1v) is 6.82. The molecule has 18 heavy (non-hydrogen) atoms. The Labute approximate surface area is 110 Å². The molecule has 1 fully saturated rings. The second-order valence-electron chi connectivity index (χ2n) is 5.61. The summed E-state index contributed by atoms with van der Waals surface area (Å²) in [6.07, 6.45) is 4.32. The van der Waals surface area contributed by atoms with Gasteiger partial charge in [-0.2, -0.15) is 0 Å². The van der Waals surface area contributed by atoms with Gasteiger partial charge < -0.3 is 9.80 Å². The Morgan fingerprint density at radius 2 is 1.94 bits per heavy atom. The van der Waals surface area contributed by atoms with Crippen LogP contribution in [0.3, 0.4) is 0 Å². The molecule has 4 heteroatoms. The van der Waals surface area contributed by atoms with Crippen molar-refractivity contribution in [3.63, 3.8) is 0 Å². The minimum Gasteiger partial charge on any atom is -0.356 e. The second kappa shape index (κ2) is 5.65. The van der Waals surface area contributed by atoms with Crippen molar-refractivity contribution in [2.75, 3.05) is 32.1 Å². The van der Waals surface area contributed by atoms with E-state index in [1.54, 1.807) is 0 Å². The molecule has 0 aromatic carbocycles. The molecule has 0 bridgehead atoms. The van der Waals surface area contributed by atoms with Crippen molar-refractivity contribution in [3.05, 3.63) is 18.1 Å². The molecular formula is C14H24N4. The predicted octanol–water partition coefficient (Wildman–Crippen LogP) is 2.13. The van der Waals surface area contributed by atoms with Gasteiger partial charge in [-0.25, -0.2) is 9.97 Å². The van der Waals surface area contributed by atoms with Crippen LogP contribution < -0.4 is 4.90 Å². The number of rotatable bonds is 3. The summed E-state index contributed by atoms with van der Waals surface area (Å²) in [4.78, 5) is 13.7. The fourth-order valence-electron chi connectivity index (χ4n) is 2.43. The minimum absolute atomic E-state index is 0.393. The van der Waals surface area contributed by atoms with Gasteiger partial charge in [-0.05, 0) is 33.0 Å². The van der Waals surface area contributed by atoms with E-state index in [9.17, 15) is 0 Å². The molecule has 1 saturated heterocycles. The Morgan fingerprint density at radius 1 is 1.28 bits per heavy atom. The fourth-order valence-corrected chi connectivity index (χ4v) is 2.43. The molecule has 4 nitrogen and oxygen atoms in total. The molecule has 0 spiro atoms. The number of piperidine rings is 1. The van der Waals surface area contributed by atoms with Gasteiger partial charge in [-0.1, -0.05) is 13.8 Å². The van der Waals surface area contributed by atoms with E-state index in [0.29, 0.717) is 12.0 Å². The fraction of sp³-hybridized carbons (Fsp3) is 0.714. The van der Waals surface area contributed by atoms with Crippen molar-refractivity contribution in [1.82, 2.24) is 14.9 Å². The molecule has 0 atom stereocenters. The quantitative estimate of drug-likeness (QED) is 0.820. The maximum atomic E-state index is 4.67. The molecule has 1 aliphatic heterocycles. The molecule has 1 aliphatic rings. The maximum absolute atomic E-state index is 4.67. The number of hydrogen-bond acceptors (Lipinski definition) is 4. The highest BCUT2D eigenvalue weighted by atomic mass is 15.2. The van der Waals surface area contributed by atoms with Gasteiger partial charge in [-0.15, -0.1) is 0 Å². The summed E-state index contributed by atoms with van der Waals surface area (Å²) in [7, 11) is 4.34. The zero-order chi connectivity index (χ0) is 13.1. The van der Waals surface area contributed by atoms with Gasteiger partial charge in [0.25, 0.3) is 0 Å². The molecule has 0 N–H and O–H groups in total. The van der Waals surface area contributed by atoms with Crippen LogP contribution in [0.1, 0.15) is 38.4 Å². The SMILES string of the molecule is CC(C)c1nccc(N2CCC(N(C)C)CC2)n1. The van der Waals surface area contributed by atoms with Crippen LogP contribution in [0.5, 0.6) is 0 Å². The molecule has 1 aromatic rings. The van der Waals surface area contributed by atoms with Crippen LogP contribution in [0.15, 0.2) is 12.3 Å². The normalized spacial score (nSPS) is 17.8. The van der Waals surface area contributed by atoms with Crippen LogP contribution in [0.4, 0.5) is 5.82 Å². The summed E-state index contributed by atoms with van der Waals surface area (Å²) in [5.41, 5.74) is 0. The molecule has 0 radical (unpaired) electrons. The lowest BCUT2D eigenvalue weighted by Gasteiger charge is -2.35. The molecule has 0 amide bonds. The third-order valence-electron chi connectivity index (χ3n) is 3.69. The maximum Gasteiger partial charge on any atom is 0.133 e. The molecule has 2 heterocycles. The van der Waals surface area contributed by atoms with Crippen LogP contribution >= 0.6 is 0 Å². The van der Waals surface area contributed by atoms with Crippen LogP contribution in [-0.4, -0.2) is 48.1 Å². The van der Waals surface area contributed by atoms with Crippen LogP contribution in [0.25, 0.3) is 0 Å². The van der Waals surface area contributed by atoms with E-state index in [1.807, 2.05) is 12.3 Å². The highest BCUT2D eigenvalue weighted by molar-refractivity contribution is 5.38. The van der Waals surface area contributed by atoms with Gasteiger partial charge in [0.15, 0.2) is 0 Å². The van der Waals surface area contributed by atoms with Crippen LogP contribution in [-0.2, 0) is 0 Å². The van der Waals surface area contributed by atoms with Crippen molar-refractivity contribution in [2.24, 2.45) is 0 Å². The molecule has 1 aromatic heterocycles. The van der Waals surface area contributed by atoms with Crippen molar-refractivity contribution in [3.8, 4) is 0 Å². The average molecular weight is 248 g/mol. The highest BCUT2D eigenvalue weighted by Gasteiger charge is 2.21. The van der Waals surface area contributed by atoms with Crippen LogP contribution in [0, 0.1) is 0 Å². The van der Waals surface area contributed by atoms with Gasteiger partial charge in [0.05, 0.1) is 0 Å². The predicted molar refractivity (Wildman–Crippen MR) is 75.0 cm³/mol. The van der Waals surface area contributed by atoms with Gasteiger partial charge in [-0.3, -0.25) is 0 Å². The highest BCUT2D eigenvalue weighted by Crippen LogP contribution is 2.21. The smallest absolute Gasteiger partial charge is 0.133 e. The van der Waals surface area contributed by atoms with Crippen molar-refractivity contribution >= 4 is 5.82 Å². The minimum atomic E-state index is 0.393. The zero-order valence-corrected chi connectivity index (χ0v) is 11.9. The molecule has 0 aliphatic carbocycles. The summed E-state index contributed by atoms with van der Waals surface area (Å²) in [6, 6.07) is 2.75. The molecule has 0 saturated carbocycles. The lowest BCUT2D eigenvalue weighted by Crippen LogP contribution is -2.42. The lowest BCUT2D eigenvalue weighted by atomic mass is 10.0. The number of aromatic nitrogens is 2. The van der Waals surface area contributed by atoms with E-state index in [0.717, 1.165) is 24.7 Å². The second-order valence-corrected chi connectivity index (χ2v) is 5.61. The summed E-state index contributed by atoms with van der Waals surface area (Å²) in [5, 5.41) is 0. The van der Waals surface area contributed by atoms with Crippen molar-refractivity contribution in [1.29, 1.82) is 0 Å². The number of anilines is 1. The number of nitrogens with zero attached hydrogens (tertiary/aromatic N) is 4. The Hall–Kier alpha value is -1.16. The monoisotopic (exact) mass is 248 g/mol. The average Bonchev–Trinajstić information content (AvgIpc) is 2.39. The lowest BCUT2D eigenvalue weighted by molar-refractivity contribution is 0.249. The largest absolute Gasteiger partial charge is 0.356 e. The third-order valence-corrected chi connectivity index (χ3v) is 3.69. The van der Waals surface area contributed by atoms with Gasteiger partial charge in [0, 0.05) is 31.2 Å². The van der Waals surface area contributed by atoms with E-state index in [-0.39, 0.29) is 0 Å². The zero-order valence-electron chi connectivity index (χ0n) is 11.9. The van der Waals surface area contributed by atoms with Gasteiger partial charge in [0.1, 0.15) is 11.6 Å². The first-order valence-electron chi connectivity index (χ1n) is 6.82. The number of hydrogen-bond donors (Lipinski definition) is 0. The van der Waals surface area contributed by atoms with Gasteiger partial charge >= 0.3 is 0 Å². The van der Waals surface area contributed by atoms with E-state index in [4.69, 9.17) is 0 Å². The summed E-state index contributed by atoms with van der Waals surface area (Å²) < 4.78 is 0. The Morgan fingerprint density at radius 3 is 2.50 bits per heavy atom. The van der Waals surface area contributed by atoms with Gasteiger partial charge in [0.2, 0.25) is 0 Å². The van der Waals surface area contributed by atoms with Crippen LogP contribution in [0.2, 0.25) is 0 Å². The Kier molecular flexibility index (Phi) is 4.17. The Balaban J connectivity index is 2.03. The van der Waals surface area contributed by atoms with E-state index in [1.165, 1.54) is 12.8 Å². The molecule has 0 unspecified atom stereocenters. The van der Waals surface area contributed by atoms with E-state index >= 15 is 0 Å². The molecule has 2 rings (SSSR count). The van der Waals surface area contributed by atoms with E-state index < -0.39 is 0 Å². The third kappa shape index (κ3) is 2.99.